The summed E-state index contributed by atoms with van der Waals surface area (Å²) in [6.07, 6.45) is 3.79. The maximum Gasteiger partial charge on any atom is 0.230 e. The Morgan fingerprint density at radius 2 is 2.19 bits per heavy atom. The lowest BCUT2D eigenvalue weighted by atomic mass is 10.1. The first-order valence-corrected chi connectivity index (χ1v) is 9.97. The summed E-state index contributed by atoms with van der Waals surface area (Å²) in [5.74, 6) is 2.42. The fourth-order valence-corrected chi connectivity index (χ4v) is 3.97. The highest BCUT2D eigenvalue weighted by Gasteiger charge is 2.11. The zero-order valence-electron chi connectivity index (χ0n) is 14.6. The van der Waals surface area contributed by atoms with E-state index >= 15 is 0 Å². The van der Waals surface area contributed by atoms with Crippen LogP contribution in [0, 0.1) is 0 Å². The molecule has 136 valence electrons. The summed E-state index contributed by atoms with van der Waals surface area (Å²) < 4.78 is 6.68. The van der Waals surface area contributed by atoms with E-state index in [2.05, 4.69) is 29.1 Å². The Morgan fingerprint density at radius 3 is 2.92 bits per heavy atom. The number of benzene rings is 1. The first-order valence-electron chi connectivity index (χ1n) is 8.17. The van der Waals surface area contributed by atoms with E-state index in [0.717, 1.165) is 15.5 Å². The monoisotopic (exact) mass is 388 g/mol. The van der Waals surface area contributed by atoms with Crippen molar-refractivity contribution >= 4 is 39.8 Å². The van der Waals surface area contributed by atoms with Crippen molar-refractivity contribution in [2.24, 2.45) is 0 Å². The van der Waals surface area contributed by atoms with Crippen LogP contribution >= 0.6 is 23.1 Å². The third kappa shape index (κ3) is 5.09. The SMILES string of the molecule is CC(C)c1cnc(CSc2cnc(NC(=O)Cc3cccc(N)c3)s2)o1. The molecule has 2 heterocycles. The number of hydrogen-bond acceptors (Lipinski definition) is 7. The summed E-state index contributed by atoms with van der Waals surface area (Å²) in [4.78, 5) is 20.7. The first kappa shape index (κ1) is 18.5. The molecule has 0 aliphatic rings. The Bertz CT molecular complexity index is 889. The Balaban J connectivity index is 1.51. The number of carbonyl (C=O) groups is 1. The van der Waals surface area contributed by atoms with Crippen LogP contribution in [0.5, 0.6) is 0 Å². The lowest BCUT2D eigenvalue weighted by Gasteiger charge is -2.02. The van der Waals surface area contributed by atoms with Crippen molar-refractivity contribution in [1.29, 1.82) is 0 Å². The van der Waals surface area contributed by atoms with Gasteiger partial charge in [-0.25, -0.2) is 9.97 Å². The third-order valence-corrected chi connectivity index (χ3v) is 5.62. The molecular weight excluding hydrogens is 368 g/mol. The van der Waals surface area contributed by atoms with Gasteiger partial charge in [0, 0.05) is 11.6 Å². The minimum Gasteiger partial charge on any atom is -0.445 e. The van der Waals surface area contributed by atoms with E-state index in [4.69, 9.17) is 10.2 Å². The predicted molar refractivity (Wildman–Crippen MR) is 105 cm³/mol. The topological polar surface area (TPSA) is 94.0 Å². The van der Waals surface area contributed by atoms with E-state index in [1.54, 1.807) is 36.3 Å². The van der Waals surface area contributed by atoms with Crippen LogP contribution in [0.25, 0.3) is 0 Å². The number of amides is 1. The molecule has 0 bridgehead atoms. The van der Waals surface area contributed by atoms with Gasteiger partial charge in [0.2, 0.25) is 11.8 Å². The highest BCUT2D eigenvalue weighted by molar-refractivity contribution is 8.00. The normalized spacial score (nSPS) is 11.0. The number of nitrogens with zero attached hydrogens (tertiary/aromatic N) is 2. The molecule has 1 amide bonds. The quantitative estimate of drug-likeness (QED) is 0.463. The molecule has 3 aromatic rings. The maximum absolute atomic E-state index is 12.1. The minimum absolute atomic E-state index is 0.115. The number of nitrogen functional groups attached to an aromatic ring is 1. The van der Waals surface area contributed by atoms with Gasteiger partial charge in [-0.2, -0.15) is 0 Å². The van der Waals surface area contributed by atoms with Crippen LogP contribution in [0.1, 0.15) is 37.0 Å². The van der Waals surface area contributed by atoms with Gasteiger partial charge in [0.05, 0.1) is 28.8 Å². The van der Waals surface area contributed by atoms with Gasteiger partial charge in [-0.3, -0.25) is 4.79 Å². The molecule has 0 saturated heterocycles. The summed E-state index contributed by atoms with van der Waals surface area (Å²) >= 11 is 3.02. The van der Waals surface area contributed by atoms with E-state index in [9.17, 15) is 4.79 Å². The molecule has 0 atom stereocenters. The Morgan fingerprint density at radius 1 is 1.35 bits per heavy atom. The summed E-state index contributed by atoms with van der Waals surface area (Å²) in [7, 11) is 0. The Hall–Kier alpha value is -2.32. The Kier molecular flexibility index (Phi) is 5.95. The van der Waals surface area contributed by atoms with Gasteiger partial charge in [-0.15, -0.1) is 11.8 Å². The van der Waals surface area contributed by atoms with Crippen molar-refractivity contribution in [1.82, 2.24) is 9.97 Å². The second-order valence-electron chi connectivity index (χ2n) is 6.05. The summed E-state index contributed by atoms with van der Waals surface area (Å²) in [5.41, 5.74) is 7.25. The second-order valence-corrected chi connectivity index (χ2v) is 8.36. The molecule has 6 nitrogen and oxygen atoms in total. The summed E-state index contributed by atoms with van der Waals surface area (Å²) in [6, 6.07) is 7.30. The number of nitrogens with one attached hydrogen (secondary N) is 1. The molecule has 0 saturated carbocycles. The lowest BCUT2D eigenvalue weighted by molar-refractivity contribution is -0.115. The Labute approximate surface area is 160 Å². The van der Waals surface area contributed by atoms with E-state index < -0.39 is 0 Å². The van der Waals surface area contributed by atoms with Crippen LogP contribution in [0.4, 0.5) is 10.8 Å². The number of rotatable bonds is 7. The van der Waals surface area contributed by atoms with Crippen molar-refractivity contribution < 1.29 is 9.21 Å². The number of thioether (sulfide) groups is 1. The number of anilines is 2. The van der Waals surface area contributed by atoms with E-state index in [1.807, 2.05) is 12.1 Å². The van der Waals surface area contributed by atoms with Gasteiger partial charge in [0.15, 0.2) is 5.13 Å². The van der Waals surface area contributed by atoms with Crippen LogP contribution < -0.4 is 11.1 Å². The van der Waals surface area contributed by atoms with E-state index in [0.29, 0.717) is 28.4 Å². The maximum atomic E-state index is 12.1. The number of oxazole rings is 1. The van der Waals surface area contributed by atoms with Crippen LogP contribution in [-0.4, -0.2) is 15.9 Å². The largest absolute Gasteiger partial charge is 0.445 e. The molecule has 26 heavy (non-hydrogen) atoms. The lowest BCUT2D eigenvalue weighted by Crippen LogP contribution is -2.14. The molecule has 2 aromatic heterocycles. The second kappa shape index (κ2) is 8.37. The van der Waals surface area contributed by atoms with Gasteiger partial charge in [0.1, 0.15) is 5.76 Å². The fraction of sp³-hybridized carbons (Fsp3) is 0.278. The minimum atomic E-state index is -0.115. The average Bonchev–Trinajstić information content (AvgIpc) is 3.22. The van der Waals surface area contributed by atoms with Gasteiger partial charge in [0.25, 0.3) is 0 Å². The third-order valence-electron chi connectivity index (χ3n) is 3.52. The fourth-order valence-electron chi connectivity index (χ4n) is 2.23. The number of carbonyl (C=O) groups excluding carboxylic acids is 1. The standard InChI is InChI=1S/C18H20N4O2S2/c1-11(2)14-8-20-16(24-14)10-25-17-9-21-18(26-17)22-15(23)7-12-4-3-5-13(19)6-12/h3-6,8-9,11H,7,10,19H2,1-2H3,(H,21,22,23). The highest BCUT2D eigenvalue weighted by atomic mass is 32.2. The summed E-state index contributed by atoms with van der Waals surface area (Å²) in [6.45, 7) is 4.14. The van der Waals surface area contributed by atoms with Crippen molar-refractivity contribution in [3.63, 3.8) is 0 Å². The molecule has 0 radical (unpaired) electrons. The molecule has 3 rings (SSSR count). The van der Waals surface area contributed by atoms with E-state index in [1.165, 1.54) is 11.3 Å². The van der Waals surface area contributed by atoms with Crippen molar-refractivity contribution in [3.05, 3.63) is 53.9 Å². The highest BCUT2D eigenvalue weighted by Crippen LogP contribution is 2.31. The molecule has 0 aliphatic heterocycles. The molecule has 0 unspecified atom stereocenters. The molecular formula is C18H20N4O2S2. The van der Waals surface area contributed by atoms with Gasteiger partial charge in [-0.1, -0.05) is 37.3 Å². The number of thiazole rings is 1. The van der Waals surface area contributed by atoms with Crippen LogP contribution in [0.3, 0.4) is 0 Å². The average molecular weight is 389 g/mol. The zero-order valence-corrected chi connectivity index (χ0v) is 16.2. The smallest absolute Gasteiger partial charge is 0.230 e. The molecule has 0 spiro atoms. The van der Waals surface area contributed by atoms with Gasteiger partial charge >= 0.3 is 0 Å². The summed E-state index contributed by atoms with van der Waals surface area (Å²) in [5, 5.41) is 3.40. The predicted octanol–water partition coefficient (Wildman–Crippen LogP) is 4.31. The molecule has 8 heteroatoms. The van der Waals surface area contributed by atoms with Crippen molar-refractivity contribution in [2.75, 3.05) is 11.1 Å². The molecule has 0 aliphatic carbocycles. The molecule has 0 fully saturated rings. The molecule has 3 N–H and O–H groups in total. The number of hydrogen-bond donors (Lipinski definition) is 2. The number of aromatic nitrogens is 2. The van der Waals surface area contributed by atoms with Crippen LogP contribution in [0.15, 0.2) is 45.3 Å². The zero-order chi connectivity index (χ0) is 18.5. The van der Waals surface area contributed by atoms with Crippen LogP contribution in [0.2, 0.25) is 0 Å². The van der Waals surface area contributed by atoms with Gasteiger partial charge < -0.3 is 15.5 Å². The van der Waals surface area contributed by atoms with Crippen LogP contribution in [-0.2, 0) is 17.0 Å². The number of nitrogens with two attached hydrogens (primary N) is 1. The first-order chi connectivity index (χ1) is 12.5. The van der Waals surface area contributed by atoms with Crippen molar-refractivity contribution in [2.45, 2.75) is 36.1 Å². The van der Waals surface area contributed by atoms with Gasteiger partial charge in [-0.05, 0) is 17.7 Å². The molecule has 1 aromatic carbocycles. The van der Waals surface area contributed by atoms with E-state index in [-0.39, 0.29) is 12.3 Å². The van der Waals surface area contributed by atoms with Crippen molar-refractivity contribution in [3.8, 4) is 0 Å².